The van der Waals surface area contributed by atoms with Gasteiger partial charge in [0.05, 0.1) is 5.56 Å². The van der Waals surface area contributed by atoms with Gasteiger partial charge in [0.15, 0.2) is 0 Å². The van der Waals surface area contributed by atoms with Crippen LogP contribution in [0, 0.1) is 11.3 Å². The molecule has 0 bridgehead atoms. The summed E-state index contributed by atoms with van der Waals surface area (Å²) in [6.45, 7) is 6.54. The van der Waals surface area contributed by atoms with Gasteiger partial charge in [0, 0.05) is 11.8 Å². The zero-order valence-electron chi connectivity index (χ0n) is 11.2. The molecule has 0 amide bonds. The molecule has 0 unspecified atom stereocenters. The summed E-state index contributed by atoms with van der Waals surface area (Å²) < 4.78 is 0. The van der Waals surface area contributed by atoms with E-state index in [-0.39, 0.29) is 10.6 Å². The molecule has 19 heavy (non-hydrogen) atoms. The fraction of sp³-hybridized carbons (Fsp3) is 0.250. The van der Waals surface area contributed by atoms with Gasteiger partial charge in [-0.2, -0.15) is 5.26 Å². The lowest BCUT2D eigenvalue weighted by Gasteiger charge is -2.19. The largest absolute Gasteiger partial charge is 0.243 e. The highest BCUT2D eigenvalue weighted by Crippen LogP contribution is 2.27. The van der Waals surface area contributed by atoms with Crippen LogP contribution in [0.4, 0.5) is 0 Å². The van der Waals surface area contributed by atoms with Crippen molar-refractivity contribution in [1.29, 1.82) is 5.26 Å². The average molecular weight is 271 g/mol. The van der Waals surface area contributed by atoms with Gasteiger partial charge in [-0.05, 0) is 22.6 Å². The average Bonchev–Trinajstić information content (AvgIpc) is 2.38. The molecule has 0 atom stereocenters. The molecule has 0 saturated carbocycles. The molecule has 0 aliphatic rings. The topological polar surface area (TPSA) is 36.7 Å². The predicted molar refractivity (Wildman–Crippen MR) is 78.1 cm³/mol. The van der Waals surface area contributed by atoms with Crippen molar-refractivity contribution in [2.45, 2.75) is 26.2 Å². The van der Waals surface area contributed by atoms with Crippen LogP contribution in [-0.4, -0.2) is 4.98 Å². The van der Waals surface area contributed by atoms with Gasteiger partial charge in [0.1, 0.15) is 11.2 Å². The van der Waals surface area contributed by atoms with Gasteiger partial charge < -0.3 is 0 Å². The van der Waals surface area contributed by atoms with E-state index in [9.17, 15) is 0 Å². The van der Waals surface area contributed by atoms with Crippen LogP contribution in [0.1, 0.15) is 31.9 Å². The maximum Gasteiger partial charge on any atom is 0.146 e. The van der Waals surface area contributed by atoms with Crippen molar-refractivity contribution < 1.29 is 0 Å². The van der Waals surface area contributed by atoms with Crippen LogP contribution in [-0.2, 0) is 5.41 Å². The van der Waals surface area contributed by atoms with Crippen molar-refractivity contribution >= 4 is 11.6 Å². The molecule has 0 aliphatic heterocycles. The molecule has 1 heterocycles. The van der Waals surface area contributed by atoms with Crippen LogP contribution in [0.15, 0.2) is 36.5 Å². The number of halogens is 1. The van der Waals surface area contributed by atoms with E-state index in [1.54, 1.807) is 12.3 Å². The summed E-state index contributed by atoms with van der Waals surface area (Å²) >= 11 is 5.84. The van der Waals surface area contributed by atoms with E-state index in [0.29, 0.717) is 5.56 Å². The summed E-state index contributed by atoms with van der Waals surface area (Å²) in [4.78, 5) is 4.04. The molecule has 0 radical (unpaired) electrons. The van der Waals surface area contributed by atoms with E-state index < -0.39 is 0 Å². The van der Waals surface area contributed by atoms with E-state index in [1.807, 2.05) is 18.2 Å². The number of hydrogen-bond acceptors (Lipinski definition) is 2. The van der Waals surface area contributed by atoms with Crippen LogP contribution in [0.5, 0.6) is 0 Å². The Morgan fingerprint density at radius 3 is 2.26 bits per heavy atom. The fourth-order valence-corrected chi connectivity index (χ4v) is 1.99. The minimum Gasteiger partial charge on any atom is -0.243 e. The third-order valence-corrected chi connectivity index (χ3v) is 3.34. The second-order valence-electron chi connectivity index (χ2n) is 5.50. The quantitative estimate of drug-likeness (QED) is 0.712. The van der Waals surface area contributed by atoms with Crippen LogP contribution in [0.25, 0.3) is 11.1 Å². The first-order chi connectivity index (χ1) is 8.91. The molecule has 0 saturated heterocycles. The molecular formula is C16H15ClN2. The molecule has 0 N–H and O–H groups in total. The van der Waals surface area contributed by atoms with E-state index in [1.165, 1.54) is 5.56 Å². The molecular weight excluding hydrogens is 256 g/mol. The van der Waals surface area contributed by atoms with Crippen LogP contribution < -0.4 is 0 Å². The Bertz CT molecular complexity index is 631. The summed E-state index contributed by atoms with van der Waals surface area (Å²) in [5.74, 6) is 0. The van der Waals surface area contributed by atoms with Crippen molar-refractivity contribution in [3.63, 3.8) is 0 Å². The number of nitriles is 1. The van der Waals surface area contributed by atoms with Gasteiger partial charge in [0.2, 0.25) is 0 Å². The Morgan fingerprint density at radius 2 is 1.74 bits per heavy atom. The monoisotopic (exact) mass is 270 g/mol. The number of nitrogens with zero attached hydrogens (tertiary/aromatic N) is 2. The Balaban J connectivity index is 2.41. The van der Waals surface area contributed by atoms with E-state index >= 15 is 0 Å². The normalized spacial score (nSPS) is 11.1. The minimum atomic E-state index is 0.134. The van der Waals surface area contributed by atoms with Crippen molar-refractivity contribution in [3.8, 4) is 17.2 Å². The number of hydrogen-bond donors (Lipinski definition) is 0. The first-order valence-corrected chi connectivity index (χ1v) is 6.46. The predicted octanol–water partition coefficient (Wildman–Crippen LogP) is 4.57. The molecule has 2 nitrogen and oxygen atoms in total. The zero-order chi connectivity index (χ0) is 14.0. The van der Waals surface area contributed by atoms with Gasteiger partial charge in [-0.3, -0.25) is 0 Å². The molecule has 0 aliphatic carbocycles. The summed E-state index contributed by atoms with van der Waals surface area (Å²) in [5.41, 5.74) is 3.75. The van der Waals surface area contributed by atoms with Crippen molar-refractivity contribution in [2.24, 2.45) is 0 Å². The lowest BCUT2D eigenvalue weighted by Crippen LogP contribution is -2.10. The summed E-state index contributed by atoms with van der Waals surface area (Å²) in [5, 5.41) is 9.21. The highest BCUT2D eigenvalue weighted by atomic mass is 35.5. The highest BCUT2D eigenvalue weighted by Gasteiger charge is 2.13. The van der Waals surface area contributed by atoms with Gasteiger partial charge in [-0.25, -0.2) is 4.98 Å². The molecule has 2 rings (SSSR count). The van der Waals surface area contributed by atoms with Crippen molar-refractivity contribution in [1.82, 2.24) is 4.98 Å². The summed E-state index contributed by atoms with van der Waals surface area (Å²) in [6.07, 6.45) is 1.69. The van der Waals surface area contributed by atoms with Crippen molar-refractivity contribution in [2.75, 3.05) is 0 Å². The second-order valence-corrected chi connectivity index (χ2v) is 5.86. The lowest BCUT2D eigenvalue weighted by atomic mass is 9.86. The summed E-state index contributed by atoms with van der Waals surface area (Å²) in [7, 11) is 0. The van der Waals surface area contributed by atoms with Gasteiger partial charge in [0.25, 0.3) is 0 Å². The Hall–Kier alpha value is -1.85. The van der Waals surface area contributed by atoms with E-state index in [4.69, 9.17) is 16.9 Å². The van der Waals surface area contributed by atoms with E-state index in [0.717, 1.165) is 11.1 Å². The van der Waals surface area contributed by atoms with Crippen LogP contribution in [0.2, 0.25) is 5.15 Å². The fourth-order valence-electron chi connectivity index (χ4n) is 1.85. The molecule has 0 spiro atoms. The minimum absolute atomic E-state index is 0.134. The molecule has 1 aromatic carbocycles. The van der Waals surface area contributed by atoms with Crippen LogP contribution in [0.3, 0.4) is 0 Å². The standard InChI is InChI=1S/C16H15ClN2/c1-16(2,3)14-6-4-11(5-7-14)13-8-12(9-18)15(17)19-10-13/h4-8,10H,1-3H3. The number of benzene rings is 1. The van der Waals surface area contributed by atoms with Crippen molar-refractivity contribution in [3.05, 3.63) is 52.8 Å². The maximum absolute atomic E-state index is 8.97. The lowest BCUT2D eigenvalue weighted by molar-refractivity contribution is 0.590. The molecule has 3 heteroatoms. The van der Waals surface area contributed by atoms with E-state index in [2.05, 4.69) is 37.9 Å². The van der Waals surface area contributed by atoms with Gasteiger partial charge >= 0.3 is 0 Å². The Labute approximate surface area is 118 Å². The molecule has 2 aromatic rings. The number of pyridine rings is 1. The maximum atomic E-state index is 8.97. The third-order valence-electron chi connectivity index (χ3n) is 3.04. The van der Waals surface area contributed by atoms with Gasteiger partial charge in [-0.1, -0.05) is 56.6 Å². The number of aromatic nitrogens is 1. The Morgan fingerprint density at radius 1 is 1.11 bits per heavy atom. The third kappa shape index (κ3) is 2.94. The van der Waals surface area contributed by atoms with Crippen LogP contribution >= 0.6 is 11.6 Å². The number of rotatable bonds is 1. The smallest absolute Gasteiger partial charge is 0.146 e. The summed E-state index contributed by atoms with van der Waals surface area (Å²) in [6, 6.07) is 12.1. The molecule has 0 fully saturated rings. The molecule has 1 aromatic heterocycles. The first kappa shape index (κ1) is 13.6. The second kappa shape index (κ2) is 5.03. The zero-order valence-corrected chi connectivity index (χ0v) is 12.0. The SMILES string of the molecule is CC(C)(C)c1ccc(-c2cnc(Cl)c(C#N)c2)cc1. The van der Waals surface area contributed by atoms with Gasteiger partial charge in [-0.15, -0.1) is 0 Å². The molecule has 96 valence electrons. The highest BCUT2D eigenvalue weighted by molar-refractivity contribution is 6.30. The first-order valence-electron chi connectivity index (χ1n) is 6.08. The Kier molecular flexibility index (Phi) is 3.59.